The molecule has 2 aromatic rings. The summed E-state index contributed by atoms with van der Waals surface area (Å²) in [7, 11) is 0. The van der Waals surface area contributed by atoms with Crippen molar-refractivity contribution in [1.29, 1.82) is 0 Å². The first-order valence-electron chi connectivity index (χ1n) is 7.39. The number of non-ortho nitro benzene ring substituents is 1. The lowest BCUT2D eigenvalue weighted by atomic mass is 10.1. The third kappa shape index (κ3) is 2.58. The van der Waals surface area contributed by atoms with Crippen LogP contribution in [0.5, 0.6) is 0 Å². The zero-order chi connectivity index (χ0) is 16.7. The minimum atomic E-state index is -0.417. The Morgan fingerprint density at radius 3 is 2.83 bits per heavy atom. The molecule has 0 fully saturated rings. The van der Waals surface area contributed by atoms with E-state index in [1.54, 1.807) is 24.0 Å². The predicted octanol–water partition coefficient (Wildman–Crippen LogP) is 2.72. The zero-order valence-corrected chi connectivity index (χ0v) is 13.2. The van der Waals surface area contributed by atoms with Crippen molar-refractivity contribution in [2.45, 2.75) is 39.7 Å². The van der Waals surface area contributed by atoms with E-state index in [9.17, 15) is 14.9 Å². The summed E-state index contributed by atoms with van der Waals surface area (Å²) in [6.45, 7) is 5.54. The van der Waals surface area contributed by atoms with Gasteiger partial charge >= 0.3 is 0 Å². The van der Waals surface area contributed by atoms with Crippen molar-refractivity contribution in [2.75, 3.05) is 4.90 Å². The van der Waals surface area contributed by atoms with Gasteiger partial charge in [-0.15, -0.1) is 0 Å². The first kappa shape index (κ1) is 15.2. The van der Waals surface area contributed by atoms with Gasteiger partial charge in [0.05, 0.1) is 17.0 Å². The Labute approximate surface area is 133 Å². The van der Waals surface area contributed by atoms with Gasteiger partial charge < -0.3 is 9.42 Å². The molecule has 3 rings (SSSR count). The molecule has 23 heavy (non-hydrogen) atoms. The van der Waals surface area contributed by atoms with Crippen LogP contribution in [-0.2, 0) is 17.6 Å². The summed E-state index contributed by atoms with van der Waals surface area (Å²) in [4.78, 5) is 24.9. The van der Waals surface area contributed by atoms with Gasteiger partial charge in [-0.3, -0.25) is 14.9 Å². The Kier molecular flexibility index (Phi) is 3.63. The lowest BCUT2D eigenvalue weighted by Gasteiger charge is -2.22. The number of aryl methyl sites for hydroxylation is 2. The quantitative estimate of drug-likeness (QED) is 0.641. The molecule has 1 aliphatic rings. The summed E-state index contributed by atoms with van der Waals surface area (Å²) in [5.74, 6) is 0.589. The van der Waals surface area contributed by atoms with Gasteiger partial charge in [0.1, 0.15) is 5.76 Å². The number of carbonyl (C=O) groups is 1. The van der Waals surface area contributed by atoms with Gasteiger partial charge in [0.25, 0.3) is 5.69 Å². The SMILES string of the molecule is Cc1noc(C)c1CC(=O)N1c2ccc([N+](=O)[O-])cc2C[C@@H]1C. The molecule has 120 valence electrons. The normalized spacial score (nSPS) is 16.5. The largest absolute Gasteiger partial charge is 0.361 e. The number of aromatic nitrogens is 1. The highest BCUT2D eigenvalue weighted by Crippen LogP contribution is 2.35. The Morgan fingerprint density at radius 1 is 1.48 bits per heavy atom. The minimum Gasteiger partial charge on any atom is -0.361 e. The van der Waals surface area contributed by atoms with Crippen LogP contribution in [0.1, 0.15) is 29.5 Å². The molecule has 1 aliphatic heterocycles. The highest BCUT2D eigenvalue weighted by atomic mass is 16.6. The van der Waals surface area contributed by atoms with Crippen molar-refractivity contribution < 1.29 is 14.2 Å². The number of carbonyl (C=O) groups excluding carboxylic acids is 1. The molecule has 1 aromatic heterocycles. The van der Waals surface area contributed by atoms with Crippen LogP contribution in [0.25, 0.3) is 0 Å². The highest BCUT2D eigenvalue weighted by Gasteiger charge is 2.32. The molecule has 0 radical (unpaired) electrons. The molecule has 7 heteroatoms. The minimum absolute atomic E-state index is 0.0278. The number of hydrogen-bond acceptors (Lipinski definition) is 5. The van der Waals surface area contributed by atoms with Gasteiger partial charge in [0.2, 0.25) is 5.91 Å². The lowest BCUT2D eigenvalue weighted by Crippen LogP contribution is -2.37. The van der Waals surface area contributed by atoms with Crippen LogP contribution in [0, 0.1) is 24.0 Å². The Morgan fingerprint density at radius 2 is 2.22 bits per heavy atom. The molecular formula is C16H17N3O4. The monoisotopic (exact) mass is 315 g/mol. The van der Waals surface area contributed by atoms with E-state index in [1.165, 1.54) is 6.07 Å². The average molecular weight is 315 g/mol. The van der Waals surface area contributed by atoms with E-state index in [2.05, 4.69) is 5.16 Å². The number of nitrogens with zero attached hydrogens (tertiary/aromatic N) is 3. The second kappa shape index (κ2) is 5.49. The number of fused-ring (bicyclic) bond motifs is 1. The van der Waals surface area contributed by atoms with Gasteiger partial charge in [-0.25, -0.2) is 0 Å². The number of anilines is 1. The van der Waals surface area contributed by atoms with E-state index < -0.39 is 4.92 Å². The van der Waals surface area contributed by atoms with Gasteiger partial charge in [-0.2, -0.15) is 0 Å². The summed E-state index contributed by atoms with van der Waals surface area (Å²) < 4.78 is 5.10. The molecule has 0 spiro atoms. The van der Waals surface area contributed by atoms with E-state index in [0.29, 0.717) is 17.9 Å². The van der Waals surface area contributed by atoms with Crippen LogP contribution in [0.4, 0.5) is 11.4 Å². The zero-order valence-electron chi connectivity index (χ0n) is 13.2. The number of amides is 1. The molecule has 0 N–H and O–H groups in total. The molecule has 0 bridgehead atoms. The Balaban J connectivity index is 1.90. The lowest BCUT2D eigenvalue weighted by molar-refractivity contribution is -0.384. The maximum atomic E-state index is 12.7. The summed E-state index contributed by atoms with van der Waals surface area (Å²) in [5, 5.41) is 14.8. The van der Waals surface area contributed by atoms with Crippen molar-refractivity contribution in [3.63, 3.8) is 0 Å². The fourth-order valence-electron chi connectivity index (χ4n) is 3.10. The fraction of sp³-hybridized carbons (Fsp3) is 0.375. The van der Waals surface area contributed by atoms with Crippen molar-refractivity contribution in [3.8, 4) is 0 Å². The van der Waals surface area contributed by atoms with Gasteiger partial charge in [0.15, 0.2) is 0 Å². The van der Waals surface area contributed by atoms with Crippen molar-refractivity contribution in [3.05, 3.63) is 50.9 Å². The van der Waals surface area contributed by atoms with Gasteiger partial charge in [-0.05, 0) is 38.8 Å². The summed E-state index contributed by atoms with van der Waals surface area (Å²) >= 11 is 0. The average Bonchev–Trinajstić information content (AvgIpc) is 2.99. The molecule has 2 heterocycles. The molecular weight excluding hydrogens is 298 g/mol. The third-order valence-electron chi connectivity index (χ3n) is 4.27. The summed E-state index contributed by atoms with van der Waals surface area (Å²) in [6.07, 6.45) is 0.826. The molecule has 7 nitrogen and oxygen atoms in total. The van der Waals surface area contributed by atoms with Crippen molar-refractivity contribution in [1.82, 2.24) is 5.16 Å². The van der Waals surface area contributed by atoms with Crippen LogP contribution in [0.2, 0.25) is 0 Å². The second-order valence-corrected chi connectivity index (χ2v) is 5.87. The Hall–Kier alpha value is -2.70. The summed E-state index contributed by atoms with van der Waals surface area (Å²) in [5.41, 5.74) is 3.15. The van der Waals surface area contributed by atoms with Crippen LogP contribution in [0.15, 0.2) is 22.7 Å². The topological polar surface area (TPSA) is 89.5 Å². The van der Waals surface area contributed by atoms with E-state index in [0.717, 1.165) is 16.8 Å². The number of nitro benzene ring substituents is 1. The number of hydrogen-bond donors (Lipinski definition) is 0. The second-order valence-electron chi connectivity index (χ2n) is 5.87. The highest BCUT2D eigenvalue weighted by molar-refractivity contribution is 5.97. The van der Waals surface area contributed by atoms with Crippen molar-refractivity contribution >= 4 is 17.3 Å². The molecule has 0 saturated carbocycles. The molecule has 0 unspecified atom stereocenters. The first-order valence-corrected chi connectivity index (χ1v) is 7.39. The van der Waals surface area contributed by atoms with Gasteiger partial charge in [0, 0.05) is 29.4 Å². The molecule has 0 aliphatic carbocycles. The Bertz CT molecular complexity index is 777. The van der Waals surface area contributed by atoms with E-state index >= 15 is 0 Å². The number of benzene rings is 1. The molecule has 1 amide bonds. The van der Waals surface area contributed by atoms with Crippen LogP contribution in [-0.4, -0.2) is 22.0 Å². The predicted molar refractivity (Wildman–Crippen MR) is 83.4 cm³/mol. The molecule has 1 aromatic carbocycles. The van der Waals surface area contributed by atoms with Gasteiger partial charge in [-0.1, -0.05) is 5.16 Å². The standard InChI is InChI=1S/C16H17N3O4/c1-9-6-12-7-13(19(21)22)4-5-15(12)18(9)16(20)8-14-10(2)17-23-11(14)3/h4-5,7,9H,6,8H2,1-3H3/t9-/m0/s1. The van der Waals surface area contributed by atoms with Crippen LogP contribution in [0.3, 0.4) is 0 Å². The third-order valence-corrected chi connectivity index (χ3v) is 4.27. The van der Waals surface area contributed by atoms with Crippen LogP contribution < -0.4 is 4.90 Å². The maximum Gasteiger partial charge on any atom is 0.269 e. The number of rotatable bonds is 3. The van der Waals surface area contributed by atoms with Crippen LogP contribution >= 0.6 is 0 Å². The molecule has 0 saturated heterocycles. The fourth-order valence-corrected chi connectivity index (χ4v) is 3.10. The smallest absolute Gasteiger partial charge is 0.269 e. The maximum absolute atomic E-state index is 12.7. The van der Waals surface area contributed by atoms with Crippen molar-refractivity contribution in [2.24, 2.45) is 0 Å². The summed E-state index contributed by atoms with van der Waals surface area (Å²) in [6, 6.07) is 4.62. The first-order chi connectivity index (χ1) is 10.9. The van der Waals surface area contributed by atoms with E-state index in [-0.39, 0.29) is 24.1 Å². The number of nitro groups is 1. The molecule has 1 atom stereocenters. The van der Waals surface area contributed by atoms with E-state index in [1.807, 2.05) is 13.8 Å². The van der Waals surface area contributed by atoms with E-state index in [4.69, 9.17) is 4.52 Å².